The van der Waals surface area contributed by atoms with Crippen LogP contribution in [0.15, 0.2) is 0 Å². The van der Waals surface area contributed by atoms with Crippen LogP contribution >= 0.6 is 0 Å². The molecule has 1 N–H and O–H groups in total. The van der Waals surface area contributed by atoms with Gasteiger partial charge in [-0.2, -0.15) is 30.7 Å². The molecule has 92 valence electrons. The number of hydrogen-bond donors (Lipinski definition) is 1. The Morgan fingerprint density at radius 2 is 1.40 bits per heavy atom. The highest BCUT2D eigenvalue weighted by molar-refractivity contribution is 4.91. The maximum atomic E-state index is 12.5. The van der Waals surface area contributed by atoms with Gasteiger partial charge in [-0.25, -0.2) is 0 Å². The van der Waals surface area contributed by atoms with Gasteiger partial charge < -0.3 is 5.32 Å². The van der Waals surface area contributed by atoms with Gasteiger partial charge in [0.15, 0.2) is 0 Å². The van der Waals surface area contributed by atoms with E-state index < -0.39 is 31.0 Å². The molecule has 1 nitrogen and oxygen atoms in total. The van der Waals surface area contributed by atoms with E-state index in [4.69, 9.17) is 0 Å². The molecule has 0 amide bonds. The van der Waals surface area contributed by atoms with E-state index in [2.05, 4.69) is 5.32 Å². The second kappa shape index (κ2) is 4.54. The van der Waals surface area contributed by atoms with Gasteiger partial charge in [0, 0.05) is 13.0 Å². The molecule has 0 aromatic rings. The lowest BCUT2D eigenvalue weighted by Gasteiger charge is -2.28. The van der Waals surface area contributed by atoms with E-state index in [1.54, 1.807) is 0 Å². The predicted octanol–water partition coefficient (Wildman–Crippen LogP) is 2.82. The normalized spacial score (nSPS) is 14.4. The molecule has 0 saturated carbocycles. The van der Waals surface area contributed by atoms with E-state index in [1.165, 1.54) is 6.92 Å². The SMILES string of the molecule is CCNCCC(F)(F)C(F)(F)C(F)(F)F. The summed E-state index contributed by atoms with van der Waals surface area (Å²) in [5.74, 6) is -11.1. The first-order chi connectivity index (χ1) is 6.56. The predicted molar refractivity (Wildman–Crippen MR) is 39.1 cm³/mol. The Morgan fingerprint density at radius 3 is 1.73 bits per heavy atom. The van der Waals surface area contributed by atoms with Crippen molar-refractivity contribution in [1.82, 2.24) is 5.32 Å². The van der Waals surface area contributed by atoms with Gasteiger partial charge >= 0.3 is 18.0 Å². The molecule has 0 aromatic heterocycles. The van der Waals surface area contributed by atoms with Crippen LogP contribution in [-0.4, -0.2) is 31.1 Å². The molecule has 0 aliphatic carbocycles. The van der Waals surface area contributed by atoms with Crippen molar-refractivity contribution >= 4 is 0 Å². The highest BCUT2D eigenvalue weighted by atomic mass is 19.4. The smallest absolute Gasteiger partial charge is 0.317 e. The molecule has 8 heteroatoms. The fourth-order valence-electron chi connectivity index (χ4n) is 0.787. The lowest BCUT2D eigenvalue weighted by atomic mass is 10.1. The van der Waals surface area contributed by atoms with Crippen LogP contribution in [0.2, 0.25) is 0 Å². The van der Waals surface area contributed by atoms with Crippen LogP contribution < -0.4 is 5.32 Å². The number of rotatable bonds is 5. The zero-order valence-electron chi connectivity index (χ0n) is 7.77. The van der Waals surface area contributed by atoms with Crippen LogP contribution in [0.4, 0.5) is 30.7 Å². The van der Waals surface area contributed by atoms with Gasteiger partial charge in [0.25, 0.3) is 0 Å². The van der Waals surface area contributed by atoms with E-state index in [0.717, 1.165) is 0 Å². The molecule has 0 unspecified atom stereocenters. The minimum Gasteiger partial charge on any atom is -0.317 e. The van der Waals surface area contributed by atoms with Gasteiger partial charge in [-0.3, -0.25) is 0 Å². The molecule has 0 spiro atoms. The van der Waals surface area contributed by atoms with Crippen molar-refractivity contribution < 1.29 is 30.7 Å². The summed E-state index contributed by atoms with van der Waals surface area (Å²) in [6.45, 7) is 1.13. The second-order valence-corrected chi connectivity index (χ2v) is 2.88. The lowest BCUT2D eigenvalue weighted by Crippen LogP contribution is -2.52. The van der Waals surface area contributed by atoms with Crippen LogP contribution in [0.3, 0.4) is 0 Å². The van der Waals surface area contributed by atoms with Crippen LogP contribution in [-0.2, 0) is 0 Å². The van der Waals surface area contributed by atoms with Crippen molar-refractivity contribution in [2.24, 2.45) is 0 Å². The summed E-state index contributed by atoms with van der Waals surface area (Å²) in [5, 5.41) is 2.25. The molecule has 0 fully saturated rings. The molecule has 0 aromatic carbocycles. The topological polar surface area (TPSA) is 12.0 Å². The molecule has 0 radical (unpaired) electrons. The third-order valence-electron chi connectivity index (χ3n) is 1.68. The molecular weight excluding hydrogens is 231 g/mol. The minimum atomic E-state index is -6.23. The summed E-state index contributed by atoms with van der Waals surface area (Å²) in [6.07, 6.45) is -7.80. The number of nitrogens with one attached hydrogen (secondary N) is 1. The Hall–Kier alpha value is -0.530. The Bertz CT molecular complexity index is 198. The van der Waals surface area contributed by atoms with Crippen molar-refractivity contribution in [3.8, 4) is 0 Å². The molecule has 0 heterocycles. The highest BCUT2D eigenvalue weighted by Gasteiger charge is 2.72. The number of halogens is 7. The zero-order chi connectivity index (χ0) is 12.3. The van der Waals surface area contributed by atoms with Gasteiger partial charge in [0.2, 0.25) is 0 Å². The molecule has 0 aliphatic heterocycles. The van der Waals surface area contributed by atoms with Crippen LogP contribution in [0.5, 0.6) is 0 Å². The van der Waals surface area contributed by atoms with Crippen molar-refractivity contribution in [3.05, 3.63) is 0 Å². The van der Waals surface area contributed by atoms with Gasteiger partial charge in [-0.15, -0.1) is 0 Å². The summed E-state index contributed by atoms with van der Waals surface area (Å²) in [4.78, 5) is 0. The monoisotopic (exact) mass is 241 g/mol. The second-order valence-electron chi connectivity index (χ2n) is 2.88. The Balaban J connectivity index is 4.56. The van der Waals surface area contributed by atoms with Gasteiger partial charge in [-0.1, -0.05) is 6.92 Å². The van der Waals surface area contributed by atoms with Crippen molar-refractivity contribution in [1.29, 1.82) is 0 Å². The average molecular weight is 241 g/mol. The van der Waals surface area contributed by atoms with Crippen molar-refractivity contribution in [3.63, 3.8) is 0 Å². The summed E-state index contributed by atoms with van der Waals surface area (Å²) in [7, 11) is 0. The number of alkyl halides is 7. The summed E-state index contributed by atoms with van der Waals surface area (Å²) >= 11 is 0. The van der Waals surface area contributed by atoms with E-state index in [9.17, 15) is 30.7 Å². The summed E-state index contributed by atoms with van der Waals surface area (Å²) in [5.41, 5.74) is 0. The third kappa shape index (κ3) is 3.22. The Morgan fingerprint density at radius 1 is 0.933 bits per heavy atom. The first-order valence-electron chi connectivity index (χ1n) is 4.09. The van der Waals surface area contributed by atoms with Crippen LogP contribution in [0.1, 0.15) is 13.3 Å². The first-order valence-corrected chi connectivity index (χ1v) is 4.09. The maximum absolute atomic E-state index is 12.5. The largest absolute Gasteiger partial charge is 0.459 e. The summed E-state index contributed by atoms with van der Waals surface area (Å²) in [6, 6.07) is 0. The lowest BCUT2D eigenvalue weighted by molar-refractivity contribution is -0.355. The van der Waals surface area contributed by atoms with Crippen LogP contribution in [0.25, 0.3) is 0 Å². The molecule has 0 rings (SSSR count). The molecule has 0 aliphatic rings. The standard InChI is InChI=1S/C7H10F7N/c1-2-15-4-3-5(8,9)6(10,11)7(12,13)14/h15H,2-4H2,1H3. The molecule has 15 heavy (non-hydrogen) atoms. The van der Waals surface area contributed by atoms with Gasteiger partial charge in [0.05, 0.1) is 0 Å². The highest BCUT2D eigenvalue weighted by Crippen LogP contribution is 2.47. The van der Waals surface area contributed by atoms with E-state index in [-0.39, 0.29) is 6.54 Å². The third-order valence-corrected chi connectivity index (χ3v) is 1.68. The van der Waals surface area contributed by atoms with Crippen molar-refractivity contribution in [2.45, 2.75) is 31.4 Å². The molecular formula is C7H10F7N. The van der Waals surface area contributed by atoms with Gasteiger partial charge in [-0.05, 0) is 6.54 Å². The maximum Gasteiger partial charge on any atom is 0.459 e. The minimum absolute atomic E-state index is 0.216. The summed E-state index contributed by atoms with van der Waals surface area (Å²) < 4.78 is 84.3. The van der Waals surface area contributed by atoms with E-state index in [1.807, 2.05) is 0 Å². The van der Waals surface area contributed by atoms with Crippen LogP contribution in [0, 0.1) is 0 Å². The fraction of sp³-hybridized carbons (Fsp3) is 1.00. The quantitative estimate of drug-likeness (QED) is 0.576. The van der Waals surface area contributed by atoms with E-state index in [0.29, 0.717) is 0 Å². The average Bonchev–Trinajstić information content (AvgIpc) is 2.02. The van der Waals surface area contributed by atoms with Crippen molar-refractivity contribution in [2.75, 3.05) is 13.1 Å². The Labute approximate surface area is 81.6 Å². The Kier molecular flexibility index (Phi) is 4.38. The molecule has 0 saturated heterocycles. The first kappa shape index (κ1) is 14.5. The number of hydrogen-bond acceptors (Lipinski definition) is 1. The fourth-order valence-corrected chi connectivity index (χ4v) is 0.787. The van der Waals surface area contributed by atoms with Gasteiger partial charge in [0.1, 0.15) is 0 Å². The molecule has 0 atom stereocenters. The molecule has 0 bridgehead atoms. The van der Waals surface area contributed by atoms with E-state index >= 15 is 0 Å². The zero-order valence-corrected chi connectivity index (χ0v) is 7.77.